The molecule has 2 amide bonds. The van der Waals surface area contributed by atoms with Gasteiger partial charge in [0.05, 0.1) is 31.1 Å². The fourth-order valence-electron chi connectivity index (χ4n) is 1.86. The molecule has 0 aliphatic rings. The monoisotopic (exact) mass is 362 g/mol. The highest BCUT2D eigenvalue weighted by atomic mass is 16.6. The molecule has 0 atom stereocenters. The van der Waals surface area contributed by atoms with Gasteiger partial charge >= 0.3 is 5.69 Å². The molecular formula is C15H14N4O7. The number of benzene rings is 1. The van der Waals surface area contributed by atoms with Crippen molar-refractivity contribution in [1.82, 2.24) is 10.7 Å². The summed E-state index contributed by atoms with van der Waals surface area (Å²) in [5.41, 5.74) is 1.79. The minimum atomic E-state index is -0.780. The zero-order chi connectivity index (χ0) is 19.1. The van der Waals surface area contributed by atoms with Gasteiger partial charge in [-0.25, -0.2) is 5.43 Å². The van der Waals surface area contributed by atoms with E-state index in [0.717, 1.165) is 12.3 Å². The number of amides is 2. The van der Waals surface area contributed by atoms with Gasteiger partial charge in [-0.2, -0.15) is 5.10 Å². The topological polar surface area (TPSA) is 156 Å². The highest BCUT2D eigenvalue weighted by Gasteiger charge is 2.19. The number of carbonyl (C=O) groups excluding carboxylic acids is 2. The molecule has 1 aromatic heterocycles. The average molecular weight is 362 g/mol. The van der Waals surface area contributed by atoms with Crippen molar-refractivity contribution in [1.29, 1.82) is 0 Å². The number of nitrogens with one attached hydrogen (secondary N) is 2. The average Bonchev–Trinajstić information content (AvgIpc) is 3.15. The largest absolute Gasteiger partial charge is 0.500 e. The van der Waals surface area contributed by atoms with E-state index in [9.17, 15) is 24.8 Å². The van der Waals surface area contributed by atoms with Crippen molar-refractivity contribution in [2.45, 2.75) is 0 Å². The van der Waals surface area contributed by atoms with E-state index < -0.39 is 28.2 Å². The summed E-state index contributed by atoms with van der Waals surface area (Å²) < 4.78 is 9.71. The zero-order valence-corrected chi connectivity index (χ0v) is 13.5. The molecule has 2 rings (SSSR count). The van der Waals surface area contributed by atoms with Crippen LogP contribution in [0.15, 0.2) is 40.0 Å². The molecule has 11 heteroatoms. The molecule has 0 bridgehead atoms. The first-order valence-electron chi connectivity index (χ1n) is 7.11. The smallest absolute Gasteiger partial charge is 0.315 e. The highest BCUT2D eigenvalue weighted by Crippen LogP contribution is 2.36. The van der Waals surface area contributed by atoms with Crippen LogP contribution in [-0.4, -0.2) is 41.7 Å². The first kappa shape index (κ1) is 18.4. The molecule has 0 unspecified atom stereocenters. The fraction of sp³-hybridized carbons (Fsp3) is 0.133. The van der Waals surface area contributed by atoms with Crippen molar-refractivity contribution in [3.05, 3.63) is 52.0 Å². The van der Waals surface area contributed by atoms with Gasteiger partial charge in [-0.1, -0.05) is 0 Å². The van der Waals surface area contributed by atoms with Crippen LogP contribution in [0.5, 0.6) is 11.5 Å². The second-order valence-electron chi connectivity index (χ2n) is 4.80. The molecule has 3 N–H and O–H groups in total. The minimum absolute atomic E-state index is 0.0600. The Kier molecular flexibility index (Phi) is 5.88. The second-order valence-corrected chi connectivity index (χ2v) is 4.80. The Labute approximate surface area is 146 Å². The van der Waals surface area contributed by atoms with E-state index in [1.807, 2.05) is 0 Å². The van der Waals surface area contributed by atoms with E-state index >= 15 is 0 Å². The number of nitro groups is 1. The SMILES string of the molecule is COc1cc(/C=N/NC(=O)CNC(=O)c2ccco2)cc([N+](=O)[O-])c1O. The van der Waals surface area contributed by atoms with Crippen LogP contribution in [0.25, 0.3) is 0 Å². The van der Waals surface area contributed by atoms with Gasteiger partial charge in [0.25, 0.3) is 11.8 Å². The molecule has 136 valence electrons. The van der Waals surface area contributed by atoms with E-state index in [1.165, 1.54) is 31.6 Å². The Morgan fingerprint density at radius 2 is 2.23 bits per heavy atom. The van der Waals surface area contributed by atoms with Crippen molar-refractivity contribution < 1.29 is 28.8 Å². The lowest BCUT2D eigenvalue weighted by atomic mass is 10.2. The molecule has 11 nitrogen and oxygen atoms in total. The van der Waals surface area contributed by atoms with E-state index in [4.69, 9.17) is 9.15 Å². The number of rotatable bonds is 7. The van der Waals surface area contributed by atoms with E-state index in [1.54, 1.807) is 0 Å². The number of hydrogen-bond acceptors (Lipinski definition) is 8. The summed E-state index contributed by atoms with van der Waals surface area (Å²) in [5, 5.41) is 26.5. The van der Waals surface area contributed by atoms with E-state index in [2.05, 4.69) is 15.8 Å². The quantitative estimate of drug-likeness (QED) is 0.373. The molecule has 0 saturated carbocycles. The minimum Gasteiger partial charge on any atom is -0.500 e. The number of furan rings is 1. The first-order valence-corrected chi connectivity index (χ1v) is 7.11. The van der Waals surface area contributed by atoms with Crippen molar-refractivity contribution in [3.63, 3.8) is 0 Å². The molecule has 0 aliphatic carbocycles. The normalized spacial score (nSPS) is 10.5. The lowest BCUT2D eigenvalue weighted by Gasteiger charge is -2.05. The van der Waals surface area contributed by atoms with Gasteiger partial charge in [-0.05, 0) is 18.2 Å². The van der Waals surface area contributed by atoms with Crippen LogP contribution < -0.4 is 15.5 Å². The third-order valence-electron chi connectivity index (χ3n) is 3.05. The number of nitro benzene ring substituents is 1. The van der Waals surface area contributed by atoms with Gasteiger partial charge in [0, 0.05) is 11.6 Å². The standard InChI is InChI=1S/C15H14N4O7/c1-25-12-6-9(5-10(14(12)21)19(23)24)7-17-18-13(20)8-16-15(22)11-3-2-4-26-11/h2-7,21H,8H2,1H3,(H,16,22)(H,18,20)/b17-7+. The molecule has 26 heavy (non-hydrogen) atoms. The number of hydrogen-bond donors (Lipinski definition) is 3. The molecule has 0 radical (unpaired) electrons. The molecule has 1 heterocycles. The predicted octanol–water partition coefficient (Wildman–Crippen LogP) is 0.782. The van der Waals surface area contributed by atoms with E-state index in [0.29, 0.717) is 0 Å². The summed E-state index contributed by atoms with van der Waals surface area (Å²) >= 11 is 0. The van der Waals surface area contributed by atoms with Crippen LogP contribution in [0.3, 0.4) is 0 Å². The molecule has 0 aliphatic heterocycles. The Balaban J connectivity index is 1.95. The highest BCUT2D eigenvalue weighted by molar-refractivity contribution is 5.94. The number of phenols is 1. The van der Waals surface area contributed by atoms with Gasteiger partial charge in [-0.15, -0.1) is 0 Å². The van der Waals surface area contributed by atoms with Gasteiger partial charge in [0.2, 0.25) is 5.75 Å². The van der Waals surface area contributed by atoms with Crippen molar-refractivity contribution >= 4 is 23.7 Å². The number of nitrogens with zero attached hydrogens (tertiary/aromatic N) is 2. The van der Waals surface area contributed by atoms with Crippen LogP contribution >= 0.6 is 0 Å². The molecular weight excluding hydrogens is 348 g/mol. The Hall–Kier alpha value is -3.89. The van der Waals surface area contributed by atoms with Crippen LogP contribution in [0, 0.1) is 10.1 Å². The molecule has 0 saturated heterocycles. The predicted molar refractivity (Wildman–Crippen MR) is 88.1 cm³/mol. The van der Waals surface area contributed by atoms with Crippen LogP contribution in [0.1, 0.15) is 16.1 Å². The number of carbonyl (C=O) groups is 2. The Bertz CT molecular complexity index is 846. The van der Waals surface area contributed by atoms with Crippen molar-refractivity contribution in [3.8, 4) is 11.5 Å². The third-order valence-corrected chi connectivity index (χ3v) is 3.05. The number of hydrazone groups is 1. The number of methoxy groups -OCH3 is 1. The second kappa shape index (κ2) is 8.28. The van der Waals surface area contributed by atoms with Gasteiger partial charge in [0.1, 0.15) is 0 Å². The van der Waals surface area contributed by atoms with Crippen molar-refractivity contribution in [2.75, 3.05) is 13.7 Å². The summed E-state index contributed by atoms with van der Waals surface area (Å²) in [4.78, 5) is 33.3. The van der Waals surface area contributed by atoms with Gasteiger partial charge in [-0.3, -0.25) is 19.7 Å². The lowest BCUT2D eigenvalue weighted by Crippen LogP contribution is -2.34. The number of ether oxygens (including phenoxy) is 1. The number of phenolic OH excluding ortho intramolecular Hbond substituents is 1. The summed E-state index contributed by atoms with van der Waals surface area (Å²) in [5.74, 6) is -1.85. The summed E-state index contributed by atoms with van der Waals surface area (Å²) in [6.45, 7) is -0.351. The maximum atomic E-state index is 11.6. The third kappa shape index (κ3) is 4.56. The number of aromatic hydroxyl groups is 1. The Morgan fingerprint density at radius 1 is 1.46 bits per heavy atom. The van der Waals surface area contributed by atoms with Gasteiger partial charge < -0.3 is 19.6 Å². The van der Waals surface area contributed by atoms with E-state index in [-0.39, 0.29) is 23.6 Å². The molecule has 0 fully saturated rings. The maximum absolute atomic E-state index is 11.6. The Morgan fingerprint density at radius 3 is 2.85 bits per heavy atom. The van der Waals surface area contributed by atoms with Crippen LogP contribution in [-0.2, 0) is 4.79 Å². The zero-order valence-electron chi connectivity index (χ0n) is 13.5. The molecule has 1 aromatic carbocycles. The van der Waals surface area contributed by atoms with Crippen LogP contribution in [0.4, 0.5) is 5.69 Å². The maximum Gasteiger partial charge on any atom is 0.315 e. The first-order chi connectivity index (χ1) is 12.4. The van der Waals surface area contributed by atoms with Gasteiger partial charge in [0.15, 0.2) is 11.5 Å². The molecule has 2 aromatic rings. The lowest BCUT2D eigenvalue weighted by molar-refractivity contribution is -0.386. The van der Waals surface area contributed by atoms with Crippen molar-refractivity contribution in [2.24, 2.45) is 5.10 Å². The fourth-order valence-corrected chi connectivity index (χ4v) is 1.86. The van der Waals surface area contributed by atoms with Crippen LogP contribution in [0.2, 0.25) is 0 Å². The summed E-state index contributed by atoms with van der Waals surface area (Å²) in [7, 11) is 1.24. The summed E-state index contributed by atoms with van der Waals surface area (Å²) in [6.07, 6.45) is 2.45. The molecule has 0 spiro atoms. The summed E-state index contributed by atoms with van der Waals surface area (Å²) in [6, 6.07) is 5.34.